The molecule has 2 atom stereocenters. The highest BCUT2D eigenvalue weighted by atomic mass is 32.2. The molecule has 0 amide bonds. The third-order valence-electron chi connectivity index (χ3n) is 3.65. The van der Waals surface area contributed by atoms with E-state index in [9.17, 15) is 8.42 Å². The Morgan fingerprint density at radius 3 is 3.00 bits per heavy atom. The monoisotopic (exact) mass is 332 g/mol. The van der Waals surface area contributed by atoms with E-state index in [0.29, 0.717) is 24.1 Å². The average Bonchev–Trinajstić information content (AvgIpc) is 2.87. The lowest BCUT2D eigenvalue weighted by molar-refractivity contribution is 0.282. The van der Waals surface area contributed by atoms with E-state index in [1.807, 2.05) is 19.2 Å². The molecule has 0 spiro atoms. The molecule has 0 bridgehead atoms. The summed E-state index contributed by atoms with van der Waals surface area (Å²) in [5.74, 6) is 0.413. The maximum Gasteiger partial charge on any atom is 0.303 e. The normalized spacial score (nSPS) is 22.1. The van der Waals surface area contributed by atoms with Crippen molar-refractivity contribution in [1.82, 2.24) is 14.6 Å². The zero-order valence-corrected chi connectivity index (χ0v) is 14.4. The van der Waals surface area contributed by atoms with Gasteiger partial charge in [-0.25, -0.2) is 9.71 Å². The second kappa shape index (κ2) is 7.04. The molecule has 1 aliphatic rings. The predicted octanol–water partition coefficient (Wildman–Crippen LogP) is 2.20. The zero-order chi connectivity index (χ0) is 15.5. The highest BCUT2D eigenvalue weighted by Crippen LogP contribution is 2.24. The number of thiazole rings is 1. The largest absolute Gasteiger partial charge is 0.309 e. The number of hydrogen-bond donors (Lipinski definition) is 2. The number of aromatic nitrogens is 1. The van der Waals surface area contributed by atoms with Crippen LogP contribution in [0.5, 0.6) is 0 Å². The molecule has 1 aromatic rings. The molecule has 1 saturated heterocycles. The number of anilines is 1. The maximum atomic E-state index is 12.4. The van der Waals surface area contributed by atoms with Crippen LogP contribution in [-0.4, -0.2) is 37.3 Å². The van der Waals surface area contributed by atoms with Gasteiger partial charge in [-0.2, -0.15) is 12.7 Å². The number of piperidine rings is 1. The summed E-state index contributed by atoms with van der Waals surface area (Å²) < 4.78 is 28.9. The van der Waals surface area contributed by atoms with Crippen molar-refractivity contribution >= 4 is 26.7 Å². The first-order valence-electron chi connectivity index (χ1n) is 7.39. The summed E-state index contributed by atoms with van der Waals surface area (Å²) in [4.78, 5) is 4.37. The van der Waals surface area contributed by atoms with Gasteiger partial charge in [0.05, 0.1) is 5.69 Å². The Balaban J connectivity index is 2.03. The van der Waals surface area contributed by atoms with Crippen LogP contribution < -0.4 is 10.0 Å². The lowest BCUT2D eigenvalue weighted by atomic mass is 10.0. The standard InChI is InChI=1S/C13H24N4O2S2/c1-4-14-11(3)12-9-20-13(15-12)16-21(18,19)17-7-5-6-10(2)8-17/h9-11,14H,4-8H2,1-3H3,(H,15,16). The summed E-state index contributed by atoms with van der Waals surface area (Å²) in [6, 6.07) is 0.125. The summed E-state index contributed by atoms with van der Waals surface area (Å²) in [5, 5.41) is 5.59. The van der Waals surface area contributed by atoms with E-state index in [-0.39, 0.29) is 6.04 Å². The Bertz CT molecular complexity index is 558. The van der Waals surface area contributed by atoms with Gasteiger partial charge in [-0.1, -0.05) is 13.8 Å². The lowest BCUT2D eigenvalue weighted by Gasteiger charge is -2.29. The fourth-order valence-corrected chi connectivity index (χ4v) is 4.85. The molecule has 2 heterocycles. The molecule has 1 aromatic heterocycles. The topological polar surface area (TPSA) is 74.3 Å². The van der Waals surface area contributed by atoms with Crippen molar-refractivity contribution in [3.05, 3.63) is 11.1 Å². The molecule has 2 N–H and O–H groups in total. The fourth-order valence-electron chi connectivity index (χ4n) is 2.48. The fraction of sp³-hybridized carbons (Fsp3) is 0.769. The highest BCUT2D eigenvalue weighted by Gasteiger charge is 2.27. The molecule has 21 heavy (non-hydrogen) atoms. The number of nitrogens with one attached hydrogen (secondary N) is 2. The van der Waals surface area contributed by atoms with Gasteiger partial charge in [0.25, 0.3) is 0 Å². The van der Waals surface area contributed by atoms with E-state index in [1.54, 1.807) is 0 Å². The quantitative estimate of drug-likeness (QED) is 0.837. The van der Waals surface area contributed by atoms with Crippen LogP contribution >= 0.6 is 11.3 Å². The lowest BCUT2D eigenvalue weighted by Crippen LogP contribution is -2.42. The second-order valence-corrected chi connectivity index (χ2v) is 8.10. The van der Waals surface area contributed by atoms with Gasteiger partial charge < -0.3 is 5.32 Å². The van der Waals surface area contributed by atoms with Gasteiger partial charge in [-0.05, 0) is 32.2 Å². The minimum absolute atomic E-state index is 0.125. The van der Waals surface area contributed by atoms with Crippen molar-refractivity contribution in [2.45, 2.75) is 39.7 Å². The summed E-state index contributed by atoms with van der Waals surface area (Å²) >= 11 is 1.33. The van der Waals surface area contributed by atoms with Crippen molar-refractivity contribution in [2.75, 3.05) is 24.4 Å². The molecule has 6 nitrogen and oxygen atoms in total. The van der Waals surface area contributed by atoms with Crippen LogP contribution in [0.3, 0.4) is 0 Å². The molecule has 1 fully saturated rings. The molecule has 0 radical (unpaired) electrons. The van der Waals surface area contributed by atoms with Crippen LogP contribution in [0.15, 0.2) is 5.38 Å². The SMILES string of the molecule is CCNC(C)c1csc(NS(=O)(=O)N2CCCC(C)C2)n1. The third-order valence-corrected chi connectivity index (χ3v) is 6.02. The van der Waals surface area contributed by atoms with E-state index >= 15 is 0 Å². The van der Waals surface area contributed by atoms with Crippen LogP contribution in [0.4, 0.5) is 5.13 Å². The molecule has 0 aromatic carbocycles. The van der Waals surface area contributed by atoms with Crippen molar-refractivity contribution in [3.63, 3.8) is 0 Å². The maximum absolute atomic E-state index is 12.4. The highest BCUT2D eigenvalue weighted by molar-refractivity contribution is 7.90. The van der Waals surface area contributed by atoms with E-state index in [4.69, 9.17) is 0 Å². The van der Waals surface area contributed by atoms with Gasteiger partial charge in [0.2, 0.25) is 0 Å². The Labute approximate surface area is 131 Å². The van der Waals surface area contributed by atoms with Crippen LogP contribution in [0.25, 0.3) is 0 Å². The first-order valence-corrected chi connectivity index (χ1v) is 9.71. The molecule has 0 saturated carbocycles. The van der Waals surface area contributed by atoms with Crippen LogP contribution in [0.1, 0.15) is 45.3 Å². The van der Waals surface area contributed by atoms with E-state index in [2.05, 4.69) is 21.9 Å². The number of nitrogens with zero attached hydrogens (tertiary/aromatic N) is 2. The first kappa shape index (κ1) is 16.7. The predicted molar refractivity (Wildman–Crippen MR) is 86.7 cm³/mol. The summed E-state index contributed by atoms with van der Waals surface area (Å²) in [6.45, 7) is 8.16. The third kappa shape index (κ3) is 4.38. The number of rotatable bonds is 6. The Morgan fingerprint density at radius 2 is 2.33 bits per heavy atom. The smallest absolute Gasteiger partial charge is 0.303 e. The van der Waals surface area contributed by atoms with E-state index < -0.39 is 10.2 Å². The molecular weight excluding hydrogens is 308 g/mol. The van der Waals surface area contributed by atoms with Crippen molar-refractivity contribution in [1.29, 1.82) is 0 Å². The summed E-state index contributed by atoms with van der Waals surface area (Å²) in [6.07, 6.45) is 2.01. The van der Waals surface area contributed by atoms with Gasteiger partial charge in [-0.3, -0.25) is 0 Å². The van der Waals surface area contributed by atoms with E-state index in [0.717, 1.165) is 25.1 Å². The molecule has 8 heteroatoms. The van der Waals surface area contributed by atoms with Crippen LogP contribution in [0.2, 0.25) is 0 Å². The Morgan fingerprint density at radius 1 is 1.57 bits per heavy atom. The molecule has 0 aliphatic carbocycles. The Kier molecular flexibility index (Phi) is 5.59. The molecule has 2 rings (SSSR count). The van der Waals surface area contributed by atoms with Gasteiger partial charge in [0.1, 0.15) is 0 Å². The number of hydrogen-bond acceptors (Lipinski definition) is 5. The van der Waals surface area contributed by atoms with Crippen LogP contribution in [-0.2, 0) is 10.2 Å². The zero-order valence-electron chi connectivity index (χ0n) is 12.8. The minimum atomic E-state index is -3.48. The van der Waals surface area contributed by atoms with Gasteiger partial charge in [0, 0.05) is 24.5 Å². The van der Waals surface area contributed by atoms with Crippen molar-refractivity contribution < 1.29 is 8.42 Å². The van der Waals surface area contributed by atoms with E-state index in [1.165, 1.54) is 15.6 Å². The van der Waals surface area contributed by atoms with Gasteiger partial charge in [0.15, 0.2) is 5.13 Å². The molecule has 120 valence electrons. The van der Waals surface area contributed by atoms with Gasteiger partial charge in [-0.15, -0.1) is 11.3 Å². The van der Waals surface area contributed by atoms with Crippen molar-refractivity contribution in [2.24, 2.45) is 5.92 Å². The second-order valence-electron chi connectivity index (χ2n) is 5.57. The Hall–Kier alpha value is -0.700. The van der Waals surface area contributed by atoms with Gasteiger partial charge >= 0.3 is 10.2 Å². The summed E-state index contributed by atoms with van der Waals surface area (Å²) in [7, 11) is -3.48. The first-order chi connectivity index (χ1) is 9.92. The average molecular weight is 332 g/mol. The minimum Gasteiger partial charge on any atom is -0.309 e. The van der Waals surface area contributed by atoms with Crippen LogP contribution in [0, 0.1) is 5.92 Å². The summed E-state index contributed by atoms with van der Waals surface area (Å²) in [5.41, 5.74) is 0.867. The molecular formula is C13H24N4O2S2. The molecule has 1 aliphatic heterocycles. The molecule has 2 unspecified atom stereocenters. The van der Waals surface area contributed by atoms with Crippen molar-refractivity contribution in [3.8, 4) is 0 Å².